The molecule has 0 aliphatic rings. The van der Waals surface area contributed by atoms with E-state index in [0.29, 0.717) is 0 Å². The maximum atomic E-state index is 10.4. The van der Waals surface area contributed by atoms with Crippen molar-refractivity contribution in [1.82, 2.24) is 0 Å². The van der Waals surface area contributed by atoms with Crippen LogP contribution < -0.4 is 34.7 Å². The minimum absolute atomic E-state index is 0. The van der Waals surface area contributed by atoms with Crippen LogP contribution in [-0.2, 0) is 0 Å². The van der Waals surface area contributed by atoms with Crippen LogP contribution in [0.3, 0.4) is 0 Å². The molecule has 13 heavy (non-hydrogen) atoms. The number of nitroso groups, excluding NO2 is 1. The van der Waals surface area contributed by atoms with E-state index in [-0.39, 0.29) is 57.4 Å². The van der Waals surface area contributed by atoms with E-state index in [2.05, 4.69) is 5.18 Å². The van der Waals surface area contributed by atoms with E-state index in [1.165, 1.54) is 24.3 Å². The number of hydrogen-bond acceptors (Lipinski definition) is 3. The van der Waals surface area contributed by atoms with E-state index in [1.54, 1.807) is 0 Å². The van der Waals surface area contributed by atoms with Crippen LogP contribution in [0.1, 0.15) is 0 Å². The molecule has 0 radical (unpaired) electrons. The maximum absolute atomic E-state index is 10.4. The fraction of sp³-hybridized carbons (Fsp3) is 0. The summed E-state index contributed by atoms with van der Waals surface area (Å²) in [5, 5.41) is 13.0. The zero-order valence-corrected chi connectivity index (χ0v) is 9.07. The quantitative estimate of drug-likeness (QED) is 0.332. The summed E-state index contributed by atoms with van der Waals surface area (Å²) in [7, 11) is 0. The molecule has 0 fully saturated rings. The number of hydrogen-bond donors (Lipinski definition) is 0. The second kappa shape index (κ2) is 11.5. The zero-order valence-electron chi connectivity index (χ0n) is 7.07. The number of benzene rings is 1. The molecule has 1 rings (SSSR count). The maximum Gasteiger partial charge on any atom is 1.00 e. The monoisotopic (exact) mass is 199 g/mol. The summed E-state index contributed by atoms with van der Waals surface area (Å²) in [5.74, 6) is -0.109. The second-order valence-electron chi connectivity index (χ2n) is 1.59. The minimum Gasteiger partial charge on any atom is -0.872 e. The smallest absolute Gasteiger partial charge is 0.872 e. The molecule has 0 heterocycles. The van der Waals surface area contributed by atoms with Gasteiger partial charge in [-0.2, -0.15) is 0 Å². The van der Waals surface area contributed by atoms with Crippen LogP contribution in [0.4, 0.5) is 5.69 Å². The van der Waals surface area contributed by atoms with Gasteiger partial charge in [0.05, 0.1) is 0 Å². The van der Waals surface area contributed by atoms with Crippen molar-refractivity contribution in [3.8, 4) is 5.75 Å². The van der Waals surface area contributed by atoms with Crippen LogP contribution in [0.5, 0.6) is 5.75 Å². The molecule has 7 heteroatoms. The topological polar surface area (TPSA) is 147 Å². The Labute approximate surface area is 96.8 Å². The molecule has 0 aromatic heterocycles. The van der Waals surface area contributed by atoms with Crippen LogP contribution in [0.25, 0.3) is 0 Å². The normalized spacial score (nSPS) is 6.15. The summed E-state index contributed by atoms with van der Waals surface area (Å²) in [6.45, 7) is 0. The molecule has 0 aliphatic heterocycles. The zero-order chi connectivity index (χ0) is 6.69. The van der Waals surface area contributed by atoms with Crippen molar-refractivity contribution in [2.75, 3.05) is 0 Å². The van der Waals surface area contributed by atoms with Crippen molar-refractivity contribution in [1.29, 1.82) is 0 Å². The van der Waals surface area contributed by atoms with Gasteiger partial charge in [0, 0.05) is 0 Å². The molecule has 0 aliphatic carbocycles. The van der Waals surface area contributed by atoms with Gasteiger partial charge in [-0.15, -0.1) is 10.7 Å². The van der Waals surface area contributed by atoms with Crippen molar-refractivity contribution in [2.24, 2.45) is 5.18 Å². The summed E-state index contributed by atoms with van der Waals surface area (Å²) in [5.41, 5.74) is 0.287. The van der Waals surface area contributed by atoms with Gasteiger partial charge in [0.1, 0.15) is 5.69 Å². The standard InChI is InChI=1S/C6H5NO2.Na.3H2O/c8-6-3-1-5(7-9)2-4-6;;;;/h1-4,8H;;3*1H2/q;+1;;;/p-1. The molecule has 0 amide bonds. The van der Waals surface area contributed by atoms with E-state index >= 15 is 0 Å². The van der Waals surface area contributed by atoms with Gasteiger partial charge >= 0.3 is 29.6 Å². The second-order valence-corrected chi connectivity index (χ2v) is 1.59. The van der Waals surface area contributed by atoms with Crippen molar-refractivity contribution in [3.63, 3.8) is 0 Å². The van der Waals surface area contributed by atoms with Crippen LogP contribution in [0.2, 0.25) is 0 Å². The summed E-state index contributed by atoms with van der Waals surface area (Å²) in [6.07, 6.45) is 0. The molecule has 70 valence electrons. The van der Waals surface area contributed by atoms with E-state index in [1.807, 2.05) is 0 Å². The summed E-state index contributed by atoms with van der Waals surface area (Å²) >= 11 is 0. The Balaban J connectivity index is -0.000000101. The average Bonchev–Trinajstić information content (AvgIpc) is 1.90. The molecule has 0 unspecified atom stereocenters. The Morgan fingerprint density at radius 1 is 1.00 bits per heavy atom. The number of nitrogens with zero attached hydrogens (tertiary/aromatic N) is 1. The van der Waals surface area contributed by atoms with Crippen molar-refractivity contribution in [2.45, 2.75) is 0 Å². The Hall–Kier alpha value is -0.500. The Bertz CT molecular complexity index is 215. The van der Waals surface area contributed by atoms with Crippen molar-refractivity contribution < 1.29 is 51.1 Å². The van der Waals surface area contributed by atoms with Gasteiger partial charge in [-0.1, -0.05) is 12.1 Å². The van der Waals surface area contributed by atoms with Crippen LogP contribution >= 0.6 is 0 Å². The van der Waals surface area contributed by atoms with Crippen LogP contribution in [-0.4, -0.2) is 16.4 Å². The molecule has 0 saturated heterocycles. The van der Waals surface area contributed by atoms with Gasteiger partial charge in [-0.25, -0.2) is 0 Å². The molecule has 6 nitrogen and oxygen atoms in total. The minimum atomic E-state index is -0.109. The summed E-state index contributed by atoms with van der Waals surface area (Å²) < 4.78 is 0. The van der Waals surface area contributed by atoms with E-state index in [4.69, 9.17) is 0 Å². The first-order valence-corrected chi connectivity index (χ1v) is 2.43. The molecule has 0 spiro atoms. The first kappa shape index (κ1) is 22.9. The fourth-order valence-electron chi connectivity index (χ4n) is 0.507. The third-order valence-corrected chi connectivity index (χ3v) is 0.942. The molecule has 1 aromatic rings. The Morgan fingerprint density at radius 3 is 1.69 bits per heavy atom. The molecular weight excluding hydrogens is 189 g/mol. The average molecular weight is 199 g/mol. The summed E-state index contributed by atoms with van der Waals surface area (Å²) in [6, 6.07) is 5.37. The van der Waals surface area contributed by atoms with Gasteiger partial charge in [0.2, 0.25) is 0 Å². The SMILES string of the molecule is O.O.O.O=Nc1ccc([O-])cc1.[Na+]. The third kappa shape index (κ3) is 7.85. The first-order valence-electron chi connectivity index (χ1n) is 2.43. The van der Waals surface area contributed by atoms with Crippen LogP contribution in [0.15, 0.2) is 29.4 Å². The van der Waals surface area contributed by atoms with E-state index in [9.17, 15) is 10.0 Å². The number of rotatable bonds is 1. The Kier molecular flexibility index (Phi) is 20.2. The molecule has 0 saturated carbocycles. The molecular formula is C6H10NNaO5. The third-order valence-electron chi connectivity index (χ3n) is 0.942. The molecule has 1 aromatic carbocycles. The van der Waals surface area contributed by atoms with Gasteiger partial charge in [-0.3, -0.25) is 0 Å². The molecule has 0 bridgehead atoms. The molecule has 6 N–H and O–H groups in total. The van der Waals surface area contributed by atoms with Gasteiger partial charge in [0.25, 0.3) is 0 Å². The fourth-order valence-corrected chi connectivity index (χ4v) is 0.507. The van der Waals surface area contributed by atoms with Gasteiger partial charge in [0.15, 0.2) is 0 Å². The largest absolute Gasteiger partial charge is 1.00 e. The van der Waals surface area contributed by atoms with Crippen LogP contribution in [0, 0.1) is 4.91 Å². The van der Waals surface area contributed by atoms with Crippen molar-refractivity contribution >= 4 is 5.69 Å². The van der Waals surface area contributed by atoms with E-state index in [0.717, 1.165) is 0 Å². The summed E-state index contributed by atoms with van der Waals surface area (Å²) in [4.78, 5) is 9.77. The molecule has 0 atom stereocenters. The van der Waals surface area contributed by atoms with E-state index < -0.39 is 0 Å². The predicted molar refractivity (Wildman–Crippen MR) is 42.2 cm³/mol. The Morgan fingerprint density at radius 2 is 1.38 bits per heavy atom. The first-order chi connectivity index (χ1) is 4.33. The predicted octanol–water partition coefficient (Wildman–Crippen LogP) is -4.31. The van der Waals surface area contributed by atoms with Gasteiger partial charge in [-0.05, 0) is 17.3 Å². The van der Waals surface area contributed by atoms with Crippen molar-refractivity contribution in [3.05, 3.63) is 29.2 Å². The van der Waals surface area contributed by atoms with Gasteiger partial charge < -0.3 is 21.5 Å².